The molecule has 0 aliphatic heterocycles. The summed E-state index contributed by atoms with van der Waals surface area (Å²) >= 11 is 6.99. The number of rotatable bonds is 2. The Morgan fingerprint density at radius 3 is 2.62 bits per heavy atom. The second-order valence-corrected chi connectivity index (χ2v) is 7.32. The maximum absolute atomic E-state index is 4.83. The van der Waals surface area contributed by atoms with Gasteiger partial charge in [0.2, 0.25) is 0 Å². The lowest BCUT2D eigenvalue weighted by Crippen LogP contribution is -2.06. The van der Waals surface area contributed by atoms with E-state index in [0.717, 1.165) is 37.8 Å². The molecule has 2 aromatic heterocycles. The Morgan fingerprint density at radius 2 is 1.88 bits per heavy atom. The third-order valence-electron chi connectivity index (χ3n) is 3.90. The Bertz CT molecular complexity index is 964. The molecule has 2 heterocycles. The van der Waals surface area contributed by atoms with Gasteiger partial charge in [-0.05, 0) is 18.6 Å². The van der Waals surface area contributed by atoms with Gasteiger partial charge in [0.05, 0.1) is 17.6 Å². The molecule has 1 aromatic carbocycles. The molecule has 24 heavy (non-hydrogen) atoms. The van der Waals surface area contributed by atoms with Crippen molar-refractivity contribution in [2.75, 3.05) is 0 Å². The van der Waals surface area contributed by atoms with E-state index in [0.29, 0.717) is 5.65 Å². The van der Waals surface area contributed by atoms with E-state index >= 15 is 0 Å². The highest BCUT2D eigenvalue weighted by atomic mass is 79.9. The molecule has 0 N–H and O–H groups in total. The summed E-state index contributed by atoms with van der Waals surface area (Å²) in [5, 5.41) is 0. The average Bonchev–Trinajstić information content (AvgIpc) is 2.62. The molecule has 0 saturated carbocycles. The highest BCUT2D eigenvalue weighted by molar-refractivity contribution is 9.12. The first-order valence-electron chi connectivity index (χ1n) is 7.48. The van der Waals surface area contributed by atoms with Crippen molar-refractivity contribution in [2.24, 2.45) is 0 Å². The van der Waals surface area contributed by atoms with Crippen LogP contribution in [0, 0.1) is 0 Å². The molecule has 4 nitrogen and oxygen atoms in total. The van der Waals surface area contributed by atoms with Gasteiger partial charge in [-0.2, -0.15) is 0 Å². The number of nitrogens with zero attached hydrogens (tertiary/aromatic N) is 4. The highest BCUT2D eigenvalue weighted by Crippen LogP contribution is 2.34. The van der Waals surface area contributed by atoms with Crippen LogP contribution in [0.4, 0.5) is 0 Å². The highest BCUT2D eigenvalue weighted by Gasteiger charge is 2.20. The zero-order chi connectivity index (χ0) is 16.5. The van der Waals surface area contributed by atoms with Crippen LogP contribution in [0.2, 0.25) is 0 Å². The van der Waals surface area contributed by atoms with Gasteiger partial charge in [-0.1, -0.05) is 62.2 Å². The standard InChI is InChI=1S/C18H12Br2N4/c19-13-5-1-11(2-6-13)16-17(12-3-7-14(20)8-4-12)24-18-15(23-16)9-21-10-22-18/h1,3-11H,2H2. The molecule has 1 unspecified atom stereocenters. The van der Waals surface area contributed by atoms with Gasteiger partial charge < -0.3 is 0 Å². The Morgan fingerprint density at radius 1 is 1.04 bits per heavy atom. The Labute approximate surface area is 156 Å². The molecule has 1 atom stereocenters. The lowest BCUT2D eigenvalue weighted by atomic mass is 9.93. The number of fused-ring (bicyclic) bond motifs is 1. The SMILES string of the molecule is BrC1=CCC(c2nc3cncnc3nc2-c2ccc(Br)cc2)C=C1. The zero-order valence-corrected chi connectivity index (χ0v) is 15.7. The first kappa shape index (κ1) is 15.6. The van der Waals surface area contributed by atoms with Crippen molar-refractivity contribution in [3.8, 4) is 11.3 Å². The minimum absolute atomic E-state index is 0.182. The summed E-state index contributed by atoms with van der Waals surface area (Å²) in [4.78, 5) is 17.9. The third kappa shape index (κ3) is 3.03. The largest absolute Gasteiger partial charge is 0.245 e. The van der Waals surface area contributed by atoms with Gasteiger partial charge >= 0.3 is 0 Å². The topological polar surface area (TPSA) is 51.6 Å². The van der Waals surface area contributed by atoms with Crippen LogP contribution in [-0.2, 0) is 0 Å². The first-order chi connectivity index (χ1) is 11.7. The quantitative estimate of drug-likeness (QED) is 0.548. The molecular formula is C18H12Br2N4. The Kier molecular flexibility index (Phi) is 4.24. The van der Waals surface area contributed by atoms with E-state index in [9.17, 15) is 0 Å². The second-order valence-electron chi connectivity index (χ2n) is 5.49. The number of benzene rings is 1. The first-order valence-corrected chi connectivity index (χ1v) is 9.07. The molecule has 6 heteroatoms. The lowest BCUT2D eigenvalue weighted by Gasteiger charge is -2.17. The van der Waals surface area contributed by atoms with Crippen molar-refractivity contribution in [1.29, 1.82) is 0 Å². The lowest BCUT2D eigenvalue weighted by molar-refractivity contribution is 0.815. The number of halogens is 2. The molecule has 3 aromatic rings. The second kappa shape index (κ2) is 6.53. The van der Waals surface area contributed by atoms with Crippen LogP contribution in [0.25, 0.3) is 22.4 Å². The summed E-state index contributed by atoms with van der Waals surface area (Å²) < 4.78 is 2.13. The van der Waals surface area contributed by atoms with Gasteiger partial charge in [-0.15, -0.1) is 0 Å². The summed E-state index contributed by atoms with van der Waals surface area (Å²) in [5.41, 5.74) is 4.18. The number of allylic oxidation sites excluding steroid dienone is 4. The predicted molar refractivity (Wildman–Crippen MR) is 102 cm³/mol. The molecule has 118 valence electrons. The third-order valence-corrected chi connectivity index (χ3v) is 5.01. The summed E-state index contributed by atoms with van der Waals surface area (Å²) in [6, 6.07) is 8.11. The Balaban J connectivity index is 1.91. The monoisotopic (exact) mass is 442 g/mol. The minimum Gasteiger partial charge on any atom is -0.245 e. The summed E-state index contributed by atoms with van der Waals surface area (Å²) in [5.74, 6) is 0.182. The molecule has 0 spiro atoms. The fraction of sp³-hybridized carbons (Fsp3) is 0.111. The molecule has 0 bridgehead atoms. The molecule has 1 aliphatic carbocycles. The van der Waals surface area contributed by atoms with Crippen LogP contribution in [0.15, 0.2) is 64.0 Å². The van der Waals surface area contributed by atoms with Gasteiger partial charge in [-0.3, -0.25) is 0 Å². The summed E-state index contributed by atoms with van der Waals surface area (Å²) in [6.45, 7) is 0. The fourth-order valence-corrected chi connectivity index (χ4v) is 3.31. The molecular weight excluding hydrogens is 432 g/mol. The normalized spacial score (nSPS) is 17.1. The maximum Gasteiger partial charge on any atom is 0.181 e. The van der Waals surface area contributed by atoms with Crippen LogP contribution in [0.3, 0.4) is 0 Å². The zero-order valence-electron chi connectivity index (χ0n) is 12.5. The van der Waals surface area contributed by atoms with E-state index in [-0.39, 0.29) is 5.92 Å². The van der Waals surface area contributed by atoms with Crippen molar-refractivity contribution in [3.63, 3.8) is 0 Å². The van der Waals surface area contributed by atoms with Gasteiger partial charge in [0, 0.05) is 20.4 Å². The van der Waals surface area contributed by atoms with Crippen LogP contribution in [0.1, 0.15) is 18.0 Å². The van der Waals surface area contributed by atoms with E-state index in [1.54, 1.807) is 6.20 Å². The molecule has 1 aliphatic rings. The van der Waals surface area contributed by atoms with Crippen molar-refractivity contribution >= 4 is 43.0 Å². The van der Waals surface area contributed by atoms with E-state index in [1.807, 2.05) is 24.3 Å². The number of hydrogen-bond acceptors (Lipinski definition) is 4. The molecule has 4 rings (SSSR count). The minimum atomic E-state index is 0.182. The smallest absolute Gasteiger partial charge is 0.181 e. The molecule has 0 fully saturated rings. The van der Waals surface area contributed by atoms with Crippen molar-refractivity contribution in [3.05, 3.63) is 69.7 Å². The molecule has 0 amide bonds. The van der Waals surface area contributed by atoms with Crippen molar-refractivity contribution in [2.45, 2.75) is 12.3 Å². The Hall–Kier alpha value is -1.92. The van der Waals surface area contributed by atoms with Crippen molar-refractivity contribution in [1.82, 2.24) is 19.9 Å². The van der Waals surface area contributed by atoms with Gasteiger partial charge in [0.1, 0.15) is 11.8 Å². The van der Waals surface area contributed by atoms with Gasteiger partial charge in [-0.25, -0.2) is 19.9 Å². The maximum atomic E-state index is 4.83. The van der Waals surface area contributed by atoms with Gasteiger partial charge in [0.25, 0.3) is 0 Å². The average molecular weight is 444 g/mol. The van der Waals surface area contributed by atoms with Crippen LogP contribution >= 0.6 is 31.9 Å². The summed E-state index contributed by atoms with van der Waals surface area (Å²) in [6.07, 6.45) is 10.5. The number of aromatic nitrogens is 4. The predicted octanol–water partition coefficient (Wildman–Crippen LogP) is 5.17. The molecule has 0 saturated heterocycles. The van der Waals surface area contributed by atoms with Gasteiger partial charge in [0.15, 0.2) is 5.65 Å². The fourth-order valence-electron chi connectivity index (χ4n) is 2.70. The van der Waals surface area contributed by atoms with E-state index in [1.165, 1.54) is 6.33 Å². The number of hydrogen-bond donors (Lipinski definition) is 0. The van der Waals surface area contributed by atoms with E-state index in [2.05, 4.69) is 60.1 Å². The van der Waals surface area contributed by atoms with Crippen LogP contribution in [-0.4, -0.2) is 19.9 Å². The van der Waals surface area contributed by atoms with Crippen molar-refractivity contribution < 1.29 is 0 Å². The molecule has 0 radical (unpaired) electrons. The van der Waals surface area contributed by atoms with Crippen LogP contribution < -0.4 is 0 Å². The van der Waals surface area contributed by atoms with E-state index < -0.39 is 0 Å². The summed E-state index contributed by atoms with van der Waals surface area (Å²) in [7, 11) is 0. The van der Waals surface area contributed by atoms with Crippen LogP contribution in [0.5, 0.6) is 0 Å². The van der Waals surface area contributed by atoms with E-state index in [4.69, 9.17) is 9.97 Å².